The van der Waals surface area contributed by atoms with Crippen molar-refractivity contribution in [3.05, 3.63) is 11.6 Å². The fourth-order valence-electron chi connectivity index (χ4n) is 13.9. The molecule has 0 aromatic heterocycles. The van der Waals surface area contributed by atoms with E-state index >= 15 is 0 Å². The van der Waals surface area contributed by atoms with E-state index in [-0.39, 0.29) is 30.1 Å². The third-order valence-electron chi connectivity index (χ3n) is 17.8. The first-order valence-corrected chi connectivity index (χ1v) is 24.6. The average Bonchev–Trinajstić information content (AvgIpc) is 3.60. The largest absolute Gasteiger partial charge is 0.394 e. The summed E-state index contributed by atoms with van der Waals surface area (Å²) in [6.07, 6.45) is -14.1. The van der Waals surface area contributed by atoms with Crippen molar-refractivity contribution in [1.29, 1.82) is 0 Å². The summed E-state index contributed by atoms with van der Waals surface area (Å²) in [6, 6.07) is 0. The van der Waals surface area contributed by atoms with Crippen LogP contribution in [0.3, 0.4) is 0 Å². The Bertz CT molecular complexity index is 1770. The second-order valence-corrected chi connectivity index (χ2v) is 21.3. The first kappa shape index (κ1) is 53.0. The van der Waals surface area contributed by atoms with Gasteiger partial charge in [0.15, 0.2) is 25.2 Å². The highest BCUT2D eigenvalue weighted by atomic mass is 16.8. The number of aliphatic hydroxyl groups excluding tert-OH is 7. The molecule has 68 heavy (non-hydrogen) atoms. The number of hydrogen-bond acceptors (Lipinski definition) is 20. The number of Topliss-reactive ketones (excluding diaryl/α,β-unsaturated/α-hetero) is 1. The van der Waals surface area contributed by atoms with Crippen molar-refractivity contribution in [2.24, 2.45) is 28.6 Å². The quantitative estimate of drug-likeness (QED) is 0.113. The van der Waals surface area contributed by atoms with E-state index in [1.54, 1.807) is 35.0 Å². The van der Waals surface area contributed by atoms with E-state index in [1.165, 1.54) is 14.0 Å². The molecular weight excluding hydrogens is 897 g/mol. The zero-order valence-corrected chi connectivity index (χ0v) is 40.8. The molecule has 0 aromatic rings. The molecule has 20 heteroatoms. The van der Waals surface area contributed by atoms with E-state index in [9.17, 15) is 45.6 Å². The van der Waals surface area contributed by atoms with E-state index in [2.05, 4.69) is 13.0 Å². The molecule has 20 nitrogen and oxygen atoms in total. The molecule has 8 aliphatic rings. The second-order valence-electron chi connectivity index (χ2n) is 21.3. The highest BCUT2D eigenvalue weighted by Crippen LogP contribution is 2.68. The van der Waals surface area contributed by atoms with Gasteiger partial charge in [-0.25, -0.2) is 0 Å². The normalized spacial score (nSPS) is 54.0. The van der Waals surface area contributed by atoms with Gasteiger partial charge in [-0.15, -0.1) is 0 Å². The Morgan fingerprint density at radius 3 is 1.88 bits per heavy atom. The minimum absolute atomic E-state index is 0.0666. The van der Waals surface area contributed by atoms with Crippen molar-refractivity contribution in [2.75, 3.05) is 27.9 Å². The molecule has 27 atom stereocenters. The predicted octanol–water partition coefficient (Wildman–Crippen LogP) is -0.0279. The zero-order chi connectivity index (χ0) is 49.4. The number of fused-ring (bicyclic) bond motifs is 5. The molecule has 0 unspecified atom stereocenters. The van der Waals surface area contributed by atoms with Gasteiger partial charge in [0, 0.05) is 51.4 Å². The van der Waals surface area contributed by atoms with Crippen LogP contribution in [0.2, 0.25) is 0 Å². The van der Waals surface area contributed by atoms with E-state index in [0.29, 0.717) is 44.9 Å². The number of allylic oxidation sites excluding steroid dienone is 1. The second kappa shape index (κ2) is 20.5. The Hall–Kier alpha value is -1.35. The summed E-state index contributed by atoms with van der Waals surface area (Å²) >= 11 is 0. The zero-order valence-electron chi connectivity index (χ0n) is 40.8. The van der Waals surface area contributed by atoms with Crippen LogP contribution in [0, 0.1) is 28.6 Å². The van der Waals surface area contributed by atoms with Crippen molar-refractivity contribution >= 4 is 5.78 Å². The van der Waals surface area contributed by atoms with Crippen molar-refractivity contribution in [2.45, 2.75) is 227 Å². The third-order valence-corrected chi connectivity index (χ3v) is 17.8. The standard InChI is InChI=1S/C48H78O20/c1-20(50)26-13-15-48(57)27-11-10-24-16-25(12-14-46(24,5)33(27)35(52)43(56)47(26,48)6)64-31-17-28(58-7)39(21(2)61-31)66-32-18-29(59-8)40(22(3)62-32)67-45-38(55)42(60-9)41(23(4)63-45)68-44-37(54)36(53)34(51)30(19-49)65-44/h10,21-23,25-45,49,51-57H,11-19H2,1-9H3/t21-,22-,23-,25+,26-,27-,28+,29+,30-,31+,32+,33-,34+,35+,36+,37-,38-,39-,40-,41-,42-,43-,44+,45+,46+,47+,48+/m1/s1. The summed E-state index contributed by atoms with van der Waals surface area (Å²) in [5.74, 6) is -1.26. The molecule has 0 spiro atoms. The fraction of sp³-hybridized carbons (Fsp3) is 0.938. The van der Waals surface area contributed by atoms with Crippen LogP contribution in [0.5, 0.6) is 0 Å². The van der Waals surface area contributed by atoms with E-state index in [0.717, 1.165) is 5.57 Å². The predicted molar refractivity (Wildman–Crippen MR) is 234 cm³/mol. The summed E-state index contributed by atoms with van der Waals surface area (Å²) < 4.78 is 67.6. The maximum absolute atomic E-state index is 12.7. The molecule has 8 N–H and O–H groups in total. The van der Waals surface area contributed by atoms with Crippen LogP contribution in [0.25, 0.3) is 0 Å². The molecule has 0 aromatic carbocycles. The lowest BCUT2D eigenvalue weighted by Gasteiger charge is -2.64. The fourth-order valence-corrected chi connectivity index (χ4v) is 13.9. The Kier molecular flexibility index (Phi) is 16.0. The maximum atomic E-state index is 12.7. The Balaban J connectivity index is 0.855. The van der Waals surface area contributed by atoms with Crippen LogP contribution in [-0.4, -0.2) is 209 Å². The summed E-state index contributed by atoms with van der Waals surface area (Å²) in [7, 11) is 4.53. The number of rotatable bonds is 13. The molecule has 7 fully saturated rings. The first-order chi connectivity index (χ1) is 32.2. The number of ketones is 1. The van der Waals surface area contributed by atoms with Crippen LogP contribution in [0.1, 0.15) is 92.9 Å². The number of carbonyl (C=O) groups is 1. The SMILES string of the molecule is CO[C@@H]1[C@@H](O)[C@H](O[C@H]2[C@@H](OC)C[C@H](O[C@H]3[C@@H](OC)C[C@H](O[C@H]4CC[C@@]5(C)C(=CC[C@@H]6[C@@H]5[C@H](O)[C@@H](O)[C@]5(C)[C@@H](C(C)=O)CC[C@]65O)C4)O[C@@H]3C)O[C@@H]2C)O[C@H](C)[C@H]1O[C@@H]1O[C@H](CO)[C@H](O)[C@H](O)[C@H]1O. The van der Waals surface area contributed by atoms with Gasteiger partial charge >= 0.3 is 0 Å². The first-order valence-electron chi connectivity index (χ1n) is 24.6. The van der Waals surface area contributed by atoms with E-state index < -0.39 is 152 Å². The van der Waals surface area contributed by atoms with Crippen molar-refractivity contribution in [3.8, 4) is 0 Å². The molecule has 390 valence electrons. The summed E-state index contributed by atoms with van der Waals surface area (Å²) in [4.78, 5) is 12.7. The number of methoxy groups -OCH3 is 3. The van der Waals surface area contributed by atoms with E-state index in [4.69, 9.17) is 52.1 Å². The summed E-state index contributed by atoms with van der Waals surface area (Å²) in [6.45, 7) is 10.2. The van der Waals surface area contributed by atoms with Crippen LogP contribution < -0.4 is 0 Å². The molecule has 8 rings (SSSR count). The molecule has 0 bridgehead atoms. The minimum Gasteiger partial charge on any atom is -0.394 e. The third kappa shape index (κ3) is 8.99. The van der Waals surface area contributed by atoms with Gasteiger partial charge in [0.2, 0.25) is 0 Å². The molecule has 0 amide bonds. The average molecular weight is 975 g/mol. The summed E-state index contributed by atoms with van der Waals surface area (Å²) in [5.41, 5.74) is -1.74. The van der Waals surface area contributed by atoms with Crippen LogP contribution in [-0.2, 0) is 56.9 Å². The highest BCUT2D eigenvalue weighted by molar-refractivity contribution is 5.80. The molecule has 4 saturated heterocycles. The van der Waals surface area contributed by atoms with Crippen LogP contribution in [0.15, 0.2) is 11.6 Å². The van der Waals surface area contributed by atoms with Gasteiger partial charge < -0.3 is 93.0 Å². The molecule has 4 aliphatic heterocycles. The van der Waals surface area contributed by atoms with Gasteiger partial charge in [-0.05, 0) is 77.6 Å². The van der Waals surface area contributed by atoms with Gasteiger partial charge in [-0.2, -0.15) is 0 Å². The number of hydrogen-bond donors (Lipinski definition) is 8. The number of carbonyl (C=O) groups excluding carboxylic acids is 1. The Morgan fingerprint density at radius 2 is 1.28 bits per heavy atom. The van der Waals surface area contributed by atoms with Crippen molar-refractivity contribution in [3.63, 3.8) is 0 Å². The lowest BCUT2D eigenvalue weighted by Crippen LogP contribution is -2.71. The number of aliphatic hydroxyl groups is 8. The van der Waals surface area contributed by atoms with Crippen LogP contribution in [0.4, 0.5) is 0 Å². The number of ether oxygens (including phenoxy) is 11. The van der Waals surface area contributed by atoms with Gasteiger partial charge in [-0.1, -0.05) is 25.5 Å². The maximum Gasteiger partial charge on any atom is 0.187 e. The summed E-state index contributed by atoms with van der Waals surface area (Å²) in [5, 5.41) is 88.1. The highest BCUT2D eigenvalue weighted by Gasteiger charge is 2.73. The van der Waals surface area contributed by atoms with Gasteiger partial charge in [-0.3, -0.25) is 4.79 Å². The lowest BCUT2D eigenvalue weighted by atomic mass is 9.44. The Morgan fingerprint density at radius 1 is 0.691 bits per heavy atom. The van der Waals surface area contributed by atoms with Gasteiger partial charge in [0.05, 0.1) is 61.0 Å². The smallest absolute Gasteiger partial charge is 0.187 e. The van der Waals surface area contributed by atoms with Gasteiger partial charge in [0.25, 0.3) is 0 Å². The van der Waals surface area contributed by atoms with Gasteiger partial charge in [0.1, 0.15) is 60.7 Å². The monoisotopic (exact) mass is 975 g/mol. The lowest BCUT2D eigenvalue weighted by molar-refractivity contribution is -0.373. The minimum atomic E-state index is -1.67. The van der Waals surface area contributed by atoms with Crippen LogP contribution >= 0.6 is 0 Å². The van der Waals surface area contributed by atoms with E-state index in [1.807, 2.05) is 6.92 Å². The molecular formula is C48H78O20. The molecule has 4 aliphatic carbocycles. The molecule has 4 heterocycles. The Labute approximate surface area is 398 Å². The van der Waals surface area contributed by atoms with Crippen molar-refractivity contribution in [1.82, 2.24) is 0 Å². The topological polar surface area (TPSA) is 280 Å². The van der Waals surface area contributed by atoms with Crippen molar-refractivity contribution < 1.29 is 97.8 Å². The molecule has 0 radical (unpaired) electrons. The molecule has 3 saturated carbocycles.